The van der Waals surface area contributed by atoms with Crippen LogP contribution in [0.2, 0.25) is 0 Å². The summed E-state index contributed by atoms with van der Waals surface area (Å²) >= 11 is 0. The number of ether oxygens (including phenoxy) is 3. The number of benzene rings is 3. The molecule has 2 saturated heterocycles. The van der Waals surface area contributed by atoms with Crippen molar-refractivity contribution in [1.29, 1.82) is 0 Å². The molecule has 43 heavy (non-hydrogen) atoms. The first kappa shape index (κ1) is 31.5. The monoisotopic (exact) mass is 590 g/mol. The Morgan fingerprint density at radius 2 is 1.05 bits per heavy atom. The second-order valence-corrected chi connectivity index (χ2v) is 11.5. The van der Waals surface area contributed by atoms with Crippen LogP contribution < -0.4 is 9.62 Å². The lowest BCUT2D eigenvalue weighted by atomic mass is 10.1. The van der Waals surface area contributed by atoms with E-state index >= 15 is 0 Å². The standard InChI is InChI=1S/C36H46O7/c1-3-5-7-9-27-11-13-29(14-12-27)23-39-42-32-21-17-30(18-22-32)24-40-43-34-26-38-35-33(25-37-36(34)35)41-31-19-15-28(16-20-31)10-8-6-4-2/h11-22,33-36H,3-10,23-26H2,1-2H3. The lowest BCUT2D eigenvalue weighted by Gasteiger charge is -2.18. The van der Waals surface area contributed by atoms with E-state index in [0.29, 0.717) is 32.2 Å². The molecular weight excluding hydrogens is 544 g/mol. The molecule has 3 aromatic rings. The SMILES string of the molecule is CCCCCc1ccc(COOc2ccc(COOC3COC4C(Oc5ccc(CCCCC)cc5)COC34)cc2)cc1. The Labute approximate surface area is 256 Å². The third-order valence-electron chi connectivity index (χ3n) is 8.06. The van der Waals surface area contributed by atoms with Gasteiger partial charge in [-0.3, -0.25) is 0 Å². The van der Waals surface area contributed by atoms with Gasteiger partial charge in [0, 0.05) is 0 Å². The molecule has 7 heteroatoms. The summed E-state index contributed by atoms with van der Waals surface area (Å²) in [6.45, 7) is 5.99. The molecule has 0 saturated carbocycles. The Balaban J connectivity index is 0.978. The van der Waals surface area contributed by atoms with Gasteiger partial charge in [0.1, 0.15) is 37.3 Å². The average molecular weight is 591 g/mol. The molecule has 0 aliphatic carbocycles. The molecule has 4 atom stereocenters. The van der Waals surface area contributed by atoms with Crippen molar-refractivity contribution < 1.29 is 33.8 Å². The average Bonchev–Trinajstić information content (AvgIpc) is 3.63. The largest absolute Gasteiger partial charge is 0.485 e. The van der Waals surface area contributed by atoms with E-state index in [2.05, 4.69) is 50.2 Å². The molecule has 2 fully saturated rings. The van der Waals surface area contributed by atoms with Crippen molar-refractivity contribution in [3.05, 3.63) is 95.1 Å². The molecule has 2 heterocycles. The Morgan fingerprint density at radius 3 is 1.67 bits per heavy atom. The van der Waals surface area contributed by atoms with Crippen molar-refractivity contribution in [2.24, 2.45) is 0 Å². The third kappa shape index (κ3) is 9.52. The molecule has 0 N–H and O–H groups in total. The fourth-order valence-electron chi connectivity index (χ4n) is 5.48. The first-order valence-corrected chi connectivity index (χ1v) is 15.9. The highest BCUT2D eigenvalue weighted by molar-refractivity contribution is 5.28. The molecule has 0 bridgehead atoms. The van der Waals surface area contributed by atoms with Gasteiger partial charge in [0.25, 0.3) is 0 Å². The van der Waals surface area contributed by atoms with Gasteiger partial charge in [0.05, 0.1) is 13.2 Å². The van der Waals surface area contributed by atoms with Gasteiger partial charge in [-0.15, -0.1) is 0 Å². The Bertz CT molecular complexity index is 1200. The number of unbranched alkanes of at least 4 members (excludes halogenated alkanes) is 4. The van der Waals surface area contributed by atoms with Gasteiger partial charge in [-0.1, -0.05) is 88.1 Å². The topological polar surface area (TPSA) is 64.6 Å². The zero-order chi connectivity index (χ0) is 29.7. The van der Waals surface area contributed by atoms with Crippen molar-refractivity contribution >= 4 is 0 Å². The fraction of sp³-hybridized carbons (Fsp3) is 0.500. The molecule has 5 rings (SSSR count). The number of fused-ring (bicyclic) bond motifs is 1. The number of hydrogen-bond donors (Lipinski definition) is 0. The summed E-state index contributed by atoms with van der Waals surface area (Å²) in [7, 11) is 0. The lowest BCUT2D eigenvalue weighted by molar-refractivity contribution is -0.341. The molecule has 2 aliphatic heterocycles. The minimum Gasteiger partial charge on any atom is -0.485 e. The normalized spacial score (nSPS) is 21.2. The summed E-state index contributed by atoms with van der Waals surface area (Å²) in [4.78, 5) is 22.2. The summed E-state index contributed by atoms with van der Waals surface area (Å²) in [5.74, 6) is 1.46. The van der Waals surface area contributed by atoms with Crippen molar-refractivity contribution in [1.82, 2.24) is 0 Å². The molecule has 0 amide bonds. The van der Waals surface area contributed by atoms with Crippen LogP contribution in [0.5, 0.6) is 11.5 Å². The zero-order valence-corrected chi connectivity index (χ0v) is 25.6. The van der Waals surface area contributed by atoms with Gasteiger partial charge in [0.2, 0.25) is 0 Å². The van der Waals surface area contributed by atoms with E-state index in [-0.39, 0.29) is 24.4 Å². The van der Waals surface area contributed by atoms with Crippen LogP contribution in [0.1, 0.15) is 74.6 Å². The minimum absolute atomic E-state index is 0.172. The molecule has 7 nitrogen and oxygen atoms in total. The van der Waals surface area contributed by atoms with Crippen LogP contribution in [0.25, 0.3) is 0 Å². The quantitative estimate of drug-likeness (QED) is 0.0854. The molecular formula is C36H46O7. The number of aryl methyl sites for hydroxylation is 2. The number of rotatable bonds is 18. The van der Waals surface area contributed by atoms with Gasteiger partial charge >= 0.3 is 0 Å². The first-order chi connectivity index (χ1) is 21.2. The molecule has 0 spiro atoms. The minimum atomic E-state index is -0.305. The van der Waals surface area contributed by atoms with E-state index in [9.17, 15) is 0 Å². The van der Waals surface area contributed by atoms with Crippen LogP contribution in [0.4, 0.5) is 0 Å². The molecule has 4 unspecified atom stereocenters. The second-order valence-electron chi connectivity index (χ2n) is 11.5. The number of hydrogen-bond acceptors (Lipinski definition) is 7. The highest BCUT2D eigenvalue weighted by Gasteiger charge is 2.50. The Morgan fingerprint density at radius 1 is 0.558 bits per heavy atom. The van der Waals surface area contributed by atoms with E-state index < -0.39 is 0 Å². The van der Waals surface area contributed by atoms with Crippen LogP contribution in [-0.4, -0.2) is 37.6 Å². The maximum absolute atomic E-state index is 6.21. The van der Waals surface area contributed by atoms with E-state index in [0.717, 1.165) is 29.7 Å². The van der Waals surface area contributed by atoms with Crippen LogP contribution in [0, 0.1) is 0 Å². The van der Waals surface area contributed by atoms with Gasteiger partial charge in [-0.05, 0) is 72.2 Å². The summed E-state index contributed by atoms with van der Waals surface area (Å²) in [6, 6.07) is 24.5. The van der Waals surface area contributed by atoms with Crippen molar-refractivity contribution in [2.75, 3.05) is 13.2 Å². The molecule has 232 valence electrons. The van der Waals surface area contributed by atoms with Crippen molar-refractivity contribution in [3.8, 4) is 11.5 Å². The maximum atomic E-state index is 6.21. The zero-order valence-electron chi connectivity index (χ0n) is 25.6. The predicted octanol–water partition coefficient (Wildman–Crippen LogP) is 7.72. The highest BCUT2D eigenvalue weighted by atomic mass is 17.2. The van der Waals surface area contributed by atoms with E-state index in [4.69, 9.17) is 33.8 Å². The van der Waals surface area contributed by atoms with E-state index in [1.807, 2.05) is 36.4 Å². The van der Waals surface area contributed by atoms with E-state index in [1.165, 1.54) is 49.7 Å². The highest BCUT2D eigenvalue weighted by Crippen LogP contribution is 2.32. The summed E-state index contributed by atoms with van der Waals surface area (Å²) in [6.07, 6.45) is 8.81. The van der Waals surface area contributed by atoms with Crippen LogP contribution in [-0.2, 0) is 50.2 Å². The summed E-state index contributed by atoms with van der Waals surface area (Å²) < 4.78 is 18.2. The van der Waals surface area contributed by atoms with Gasteiger partial charge in [-0.2, -0.15) is 4.89 Å². The fourth-order valence-corrected chi connectivity index (χ4v) is 5.48. The summed E-state index contributed by atoms with van der Waals surface area (Å²) in [5.41, 5.74) is 4.74. The molecule has 0 radical (unpaired) electrons. The first-order valence-electron chi connectivity index (χ1n) is 15.9. The smallest absolute Gasteiger partial charge is 0.165 e. The van der Waals surface area contributed by atoms with Crippen LogP contribution in [0.3, 0.4) is 0 Å². The lowest BCUT2D eigenvalue weighted by Crippen LogP contribution is -2.35. The second kappa shape index (κ2) is 16.8. The van der Waals surface area contributed by atoms with Crippen LogP contribution >= 0.6 is 0 Å². The van der Waals surface area contributed by atoms with E-state index in [1.54, 1.807) is 0 Å². The molecule has 3 aromatic carbocycles. The Kier molecular flexibility index (Phi) is 12.3. The van der Waals surface area contributed by atoms with Crippen molar-refractivity contribution in [3.63, 3.8) is 0 Å². The Hall–Kier alpha value is -2.94. The molecule has 2 aliphatic rings. The van der Waals surface area contributed by atoms with Crippen LogP contribution in [0.15, 0.2) is 72.8 Å². The van der Waals surface area contributed by atoms with Gasteiger partial charge in [-0.25, -0.2) is 9.78 Å². The maximum Gasteiger partial charge on any atom is 0.165 e. The third-order valence-corrected chi connectivity index (χ3v) is 8.06. The van der Waals surface area contributed by atoms with Crippen molar-refractivity contribution in [2.45, 2.75) is 103 Å². The van der Waals surface area contributed by atoms with Gasteiger partial charge < -0.3 is 19.1 Å². The summed E-state index contributed by atoms with van der Waals surface area (Å²) in [5, 5.41) is 0. The van der Waals surface area contributed by atoms with Gasteiger partial charge in [0.15, 0.2) is 11.9 Å². The predicted molar refractivity (Wildman–Crippen MR) is 165 cm³/mol. The molecule has 0 aromatic heterocycles.